The summed E-state index contributed by atoms with van der Waals surface area (Å²) in [6.45, 7) is 4.83. The van der Waals surface area contributed by atoms with Crippen molar-refractivity contribution >= 4 is 27.5 Å². The molecule has 1 aromatic carbocycles. The Labute approximate surface area is 133 Å². The third kappa shape index (κ3) is 4.49. The smallest absolute Gasteiger partial charge is 0.238 e. The van der Waals surface area contributed by atoms with Crippen molar-refractivity contribution in [2.24, 2.45) is 17.6 Å². The predicted octanol–water partition coefficient (Wildman–Crippen LogP) is 2.44. The Kier molecular flexibility index (Phi) is 5.72. The summed E-state index contributed by atoms with van der Waals surface area (Å²) in [6.07, 6.45) is 1.04. The van der Waals surface area contributed by atoms with E-state index in [4.69, 9.17) is 5.73 Å². The van der Waals surface area contributed by atoms with Gasteiger partial charge in [-0.1, -0.05) is 22.9 Å². The molecule has 21 heavy (non-hydrogen) atoms. The lowest BCUT2D eigenvalue weighted by Gasteiger charge is -2.36. The highest BCUT2D eigenvalue weighted by molar-refractivity contribution is 9.10. The van der Waals surface area contributed by atoms with Crippen molar-refractivity contribution in [3.63, 3.8) is 0 Å². The van der Waals surface area contributed by atoms with Crippen LogP contribution in [0.1, 0.15) is 13.3 Å². The molecule has 0 saturated carbocycles. The number of carbonyl (C=O) groups excluding carboxylic acids is 1. The number of nitrogens with one attached hydrogen (secondary N) is 1. The van der Waals surface area contributed by atoms with E-state index in [2.05, 4.69) is 33.1 Å². The zero-order valence-electron chi connectivity index (χ0n) is 12.1. The molecule has 0 bridgehead atoms. The molecule has 1 fully saturated rings. The molecule has 0 radical (unpaired) electrons. The third-order valence-electron chi connectivity index (χ3n) is 4.07. The maximum atomic E-state index is 13.7. The molecule has 1 amide bonds. The number of halogens is 2. The zero-order chi connectivity index (χ0) is 15.4. The van der Waals surface area contributed by atoms with E-state index in [1.807, 2.05) is 0 Å². The summed E-state index contributed by atoms with van der Waals surface area (Å²) in [5.41, 5.74) is 5.98. The number of hydrogen-bond acceptors (Lipinski definition) is 3. The zero-order valence-corrected chi connectivity index (χ0v) is 13.7. The number of nitrogens with two attached hydrogens (primary N) is 1. The lowest BCUT2D eigenvalue weighted by atomic mass is 9.87. The largest absolute Gasteiger partial charge is 0.330 e. The van der Waals surface area contributed by atoms with E-state index >= 15 is 0 Å². The molecule has 116 valence electrons. The van der Waals surface area contributed by atoms with Crippen molar-refractivity contribution in [2.45, 2.75) is 13.3 Å². The average molecular weight is 358 g/mol. The first-order chi connectivity index (χ1) is 9.99. The Morgan fingerprint density at radius 1 is 1.57 bits per heavy atom. The van der Waals surface area contributed by atoms with E-state index in [0.29, 0.717) is 22.9 Å². The maximum absolute atomic E-state index is 13.7. The number of anilines is 1. The summed E-state index contributed by atoms with van der Waals surface area (Å²) in [4.78, 5) is 14.1. The molecule has 1 aliphatic heterocycles. The van der Waals surface area contributed by atoms with Crippen molar-refractivity contribution < 1.29 is 9.18 Å². The molecule has 2 atom stereocenters. The molecule has 2 unspecified atom stereocenters. The molecule has 0 spiro atoms. The van der Waals surface area contributed by atoms with Gasteiger partial charge in [-0.2, -0.15) is 0 Å². The van der Waals surface area contributed by atoms with E-state index in [1.165, 1.54) is 6.07 Å². The van der Waals surface area contributed by atoms with Gasteiger partial charge in [-0.3, -0.25) is 9.69 Å². The van der Waals surface area contributed by atoms with E-state index < -0.39 is 5.82 Å². The molecule has 1 aromatic rings. The molecule has 3 N–H and O–H groups in total. The number of amides is 1. The summed E-state index contributed by atoms with van der Waals surface area (Å²) < 4.78 is 14.3. The maximum Gasteiger partial charge on any atom is 0.238 e. The lowest BCUT2D eigenvalue weighted by Crippen LogP contribution is -2.45. The second kappa shape index (κ2) is 7.33. The summed E-state index contributed by atoms with van der Waals surface area (Å²) in [5.74, 6) is 0.389. The molecule has 0 aromatic heterocycles. The van der Waals surface area contributed by atoms with Gasteiger partial charge in [0, 0.05) is 11.0 Å². The van der Waals surface area contributed by atoms with Crippen LogP contribution in [0.15, 0.2) is 22.7 Å². The molecule has 6 heteroatoms. The summed E-state index contributed by atoms with van der Waals surface area (Å²) in [5, 5.41) is 2.62. The van der Waals surface area contributed by atoms with Crippen molar-refractivity contribution in [1.29, 1.82) is 0 Å². The van der Waals surface area contributed by atoms with Crippen LogP contribution in [0, 0.1) is 17.7 Å². The van der Waals surface area contributed by atoms with Crippen molar-refractivity contribution in [1.82, 2.24) is 4.90 Å². The van der Waals surface area contributed by atoms with Crippen molar-refractivity contribution in [2.75, 3.05) is 31.5 Å². The number of likely N-dealkylation sites (tertiary alicyclic amines) is 1. The first kappa shape index (κ1) is 16.4. The van der Waals surface area contributed by atoms with Gasteiger partial charge in [0.25, 0.3) is 0 Å². The number of benzene rings is 1. The van der Waals surface area contributed by atoms with Gasteiger partial charge < -0.3 is 11.1 Å². The SMILES string of the molecule is CC1CCN(CC(=O)Nc2ccc(Br)cc2F)CC1CN. The Morgan fingerprint density at radius 3 is 3.00 bits per heavy atom. The van der Waals surface area contributed by atoms with Crippen molar-refractivity contribution in [3.05, 3.63) is 28.5 Å². The fourth-order valence-electron chi connectivity index (χ4n) is 2.66. The predicted molar refractivity (Wildman–Crippen MR) is 85.5 cm³/mol. The monoisotopic (exact) mass is 357 g/mol. The molecular weight excluding hydrogens is 337 g/mol. The fraction of sp³-hybridized carbons (Fsp3) is 0.533. The standard InChI is InChI=1S/C15H21BrFN3O/c1-10-4-5-20(8-11(10)7-18)9-15(21)19-14-3-2-12(16)6-13(14)17/h2-3,6,10-11H,4-5,7-9,18H2,1H3,(H,19,21). The third-order valence-corrected chi connectivity index (χ3v) is 4.57. The molecule has 1 aliphatic rings. The highest BCUT2D eigenvalue weighted by Gasteiger charge is 2.26. The van der Waals surface area contributed by atoms with Gasteiger partial charge in [0.1, 0.15) is 5.82 Å². The summed E-state index contributed by atoms with van der Waals surface area (Å²) in [7, 11) is 0. The van der Waals surface area contributed by atoms with Crippen LogP contribution >= 0.6 is 15.9 Å². The van der Waals surface area contributed by atoms with Gasteiger partial charge >= 0.3 is 0 Å². The van der Waals surface area contributed by atoms with E-state index in [0.717, 1.165) is 19.5 Å². The van der Waals surface area contributed by atoms with E-state index in [1.54, 1.807) is 12.1 Å². The lowest BCUT2D eigenvalue weighted by molar-refractivity contribution is -0.117. The first-order valence-electron chi connectivity index (χ1n) is 7.17. The average Bonchev–Trinajstić information content (AvgIpc) is 2.44. The number of rotatable bonds is 4. The molecular formula is C15H21BrFN3O. The Hall–Kier alpha value is -0.980. The van der Waals surface area contributed by atoms with Crippen LogP contribution in [0.3, 0.4) is 0 Å². The highest BCUT2D eigenvalue weighted by atomic mass is 79.9. The second-order valence-electron chi connectivity index (χ2n) is 5.67. The fourth-order valence-corrected chi connectivity index (χ4v) is 2.99. The summed E-state index contributed by atoms with van der Waals surface area (Å²) in [6, 6.07) is 4.59. The van der Waals surface area contributed by atoms with Crippen LogP contribution in [-0.4, -0.2) is 37.0 Å². The van der Waals surface area contributed by atoms with E-state index in [9.17, 15) is 9.18 Å². The minimum Gasteiger partial charge on any atom is -0.330 e. The van der Waals surface area contributed by atoms with Crippen LogP contribution in [-0.2, 0) is 4.79 Å². The normalized spacial score (nSPS) is 23.0. The Morgan fingerprint density at radius 2 is 2.33 bits per heavy atom. The number of piperidine rings is 1. The van der Waals surface area contributed by atoms with Crippen LogP contribution in [0.5, 0.6) is 0 Å². The second-order valence-corrected chi connectivity index (χ2v) is 6.58. The molecule has 4 nitrogen and oxygen atoms in total. The Balaban J connectivity index is 1.90. The van der Waals surface area contributed by atoms with Gasteiger partial charge in [0.05, 0.1) is 12.2 Å². The number of carbonyl (C=O) groups is 1. The molecule has 1 saturated heterocycles. The highest BCUT2D eigenvalue weighted by Crippen LogP contribution is 2.22. The van der Waals surface area contributed by atoms with Gasteiger partial charge in [-0.25, -0.2) is 4.39 Å². The molecule has 0 aliphatic carbocycles. The van der Waals surface area contributed by atoms with Gasteiger partial charge in [0.2, 0.25) is 5.91 Å². The van der Waals surface area contributed by atoms with Gasteiger partial charge in [-0.15, -0.1) is 0 Å². The van der Waals surface area contributed by atoms with Gasteiger partial charge in [0.15, 0.2) is 0 Å². The quantitative estimate of drug-likeness (QED) is 0.869. The van der Waals surface area contributed by atoms with Crippen LogP contribution in [0.4, 0.5) is 10.1 Å². The number of nitrogens with zero attached hydrogens (tertiary/aromatic N) is 1. The minimum absolute atomic E-state index is 0.193. The van der Waals surface area contributed by atoms with Crippen LogP contribution in [0.2, 0.25) is 0 Å². The molecule has 2 rings (SSSR count). The van der Waals surface area contributed by atoms with E-state index in [-0.39, 0.29) is 18.1 Å². The topological polar surface area (TPSA) is 58.4 Å². The molecule has 1 heterocycles. The minimum atomic E-state index is -0.440. The van der Waals surface area contributed by atoms with Crippen molar-refractivity contribution in [3.8, 4) is 0 Å². The van der Waals surface area contributed by atoms with Crippen LogP contribution < -0.4 is 11.1 Å². The summed E-state index contributed by atoms with van der Waals surface area (Å²) >= 11 is 3.19. The Bertz CT molecular complexity index is 512. The van der Waals surface area contributed by atoms with Crippen LogP contribution in [0.25, 0.3) is 0 Å². The number of hydrogen-bond donors (Lipinski definition) is 2. The van der Waals surface area contributed by atoms with Gasteiger partial charge in [-0.05, 0) is 49.5 Å². The first-order valence-corrected chi connectivity index (χ1v) is 7.96.